The molecule has 0 aliphatic carbocycles. The summed E-state index contributed by atoms with van der Waals surface area (Å²) in [6.45, 7) is 5.54. The quantitative estimate of drug-likeness (QED) is 0.793. The molecule has 0 aliphatic heterocycles. The zero-order valence-corrected chi connectivity index (χ0v) is 13.6. The molecular weight excluding hydrogens is 288 g/mol. The summed E-state index contributed by atoms with van der Waals surface area (Å²) in [5, 5.41) is 2.86. The Hall–Kier alpha value is -1.82. The molecule has 116 valence electrons. The predicted molar refractivity (Wildman–Crippen MR) is 85.5 cm³/mol. The van der Waals surface area contributed by atoms with Gasteiger partial charge in [0.05, 0.1) is 18.0 Å². The first-order valence-electron chi connectivity index (χ1n) is 6.79. The average molecular weight is 310 g/mol. The number of sulfonamides is 1. The van der Waals surface area contributed by atoms with Crippen LogP contribution >= 0.6 is 0 Å². The minimum Gasteiger partial charge on any atom is -0.346 e. The third-order valence-corrected chi connectivity index (χ3v) is 3.53. The Balaban J connectivity index is 2.95. The first-order chi connectivity index (χ1) is 9.74. The maximum absolute atomic E-state index is 12.0. The molecule has 0 aromatic heterocycles. The highest BCUT2D eigenvalue weighted by Gasteiger charge is 2.15. The van der Waals surface area contributed by atoms with Gasteiger partial charge in [-0.25, -0.2) is 8.42 Å². The molecule has 0 saturated heterocycles. The monoisotopic (exact) mass is 310 g/mol. The molecule has 1 rings (SSSR count). The molecule has 0 bridgehead atoms. The zero-order chi connectivity index (χ0) is 16.0. The molecule has 0 fully saturated rings. The van der Waals surface area contributed by atoms with Crippen LogP contribution in [0, 0.1) is 0 Å². The average Bonchev–Trinajstić information content (AvgIpc) is 2.37. The van der Waals surface area contributed by atoms with Gasteiger partial charge in [-0.05, 0) is 31.9 Å². The summed E-state index contributed by atoms with van der Waals surface area (Å²) in [4.78, 5) is 12.0. The van der Waals surface area contributed by atoms with Gasteiger partial charge in [0, 0.05) is 5.57 Å². The molecule has 1 amide bonds. The fraction of sp³-hybridized carbons (Fsp3) is 0.400. The van der Waals surface area contributed by atoms with Crippen molar-refractivity contribution >= 4 is 21.6 Å². The summed E-state index contributed by atoms with van der Waals surface area (Å²) in [5.41, 5.74) is 1.85. The van der Waals surface area contributed by atoms with Crippen molar-refractivity contribution in [1.29, 1.82) is 0 Å². The number of benzene rings is 1. The van der Waals surface area contributed by atoms with Crippen LogP contribution in [0.1, 0.15) is 38.8 Å². The van der Waals surface area contributed by atoms with Gasteiger partial charge in [-0.2, -0.15) is 0 Å². The molecule has 1 aromatic rings. The maximum atomic E-state index is 12.0. The number of para-hydroxylation sites is 1. The van der Waals surface area contributed by atoms with Crippen LogP contribution in [0.5, 0.6) is 0 Å². The molecule has 6 heteroatoms. The fourth-order valence-electron chi connectivity index (χ4n) is 1.95. The first-order valence-corrected chi connectivity index (χ1v) is 8.68. The smallest absolute Gasteiger partial charge is 0.247 e. The molecule has 5 nitrogen and oxygen atoms in total. The van der Waals surface area contributed by atoms with Gasteiger partial charge in [-0.15, -0.1) is 0 Å². The number of rotatable bonds is 6. The molecule has 0 saturated carbocycles. The van der Waals surface area contributed by atoms with E-state index in [1.165, 1.54) is 0 Å². The lowest BCUT2D eigenvalue weighted by molar-refractivity contribution is -0.118. The molecule has 0 heterocycles. The summed E-state index contributed by atoms with van der Waals surface area (Å²) in [6, 6.07) is 6.71. The highest BCUT2D eigenvalue weighted by molar-refractivity contribution is 7.92. The lowest BCUT2D eigenvalue weighted by atomic mass is 10.1. The molecule has 2 N–H and O–H groups in total. The minimum atomic E-state index is -3.36. The Kier molecular flexibility index (Phi) is 5.96. The van der Waals surface area contributed by atoms with Crippen LogP contribution in [0.25, 0.3) is 0 Å². The summed E-state index contributed by atoms with van der Waals surface area (Å²) in [5.74, 6) is -0.154. The lowest BCUT2D eigenvalue weighted by Crippen LogP contribution is -2.28. The first kappa shape index (κ1) is 17.2. The number of nitrogens with one attached hydrogen (secondary N) is 2. The third kappa shape index (κ3) is 5.59. The standard InChI is InChI=1S/C15H22N2O3S/c1-5-8-11(2)15(18)16-12(3)13-9-6-7-10-14(13)17-21(4,19)20/h6-10,12,17H,5H2,1-4H3,(H,16,18)/b11-8+/t12-/m0/s1. The van der Waals surface area contributed by atoms with Crippen molar-refractivity contribution in [2.75, 3.05) is 11.0 Å². The van der Waals surface area contributed by atoms with E-state index >= 15 is 0 Å². The second kappa shape index (κ2) is 7.26. The van der Waals surface area contributed by atoms with Crippen LogP contribution in [0.15, 0.2) is 35.9 Å². The van der Waals surface area contributed by atoms with Crippen molar-refractivity contribution in [2.45, 2.75) is 33.2 Å². The molecule has 0 unspecified atom stereocenters. The van der Waals surface area contributed by atoms with Gasteiger partial charge in [0.2, 0.25) is 15.9 Å². The molecule has 1 atom stereocenters. The van der Waals surface area contributed by atoms with Crippen molar-refractivity contribution in [3.63, 3.8) is 0 Å². The summed E-state index contributed by atoms with van der Waals surface area (Å²) >= 11 is 0. The number of amides is 1. The minimum absolute atomic E-state index is 0.154. The van der Waals surface area contributed by atoms with Crippen LogP contribution < -0.4 is 10.0 Å². The van der Waals surface area contributed by atoms with Crippen LogP contribution in [0.4, 0.5) is 5.69 Å². The fourth-order valence-corrected chi connectivity index (χ4v) is 2.54. The zero-order valence-electron chi connectivity index (χ0n) is 12.8. The summed E-state index contributed by atoms with van der Waals surface area (Å²) in [7, 11) is -3.36. The van der Waals surface area contributed by atoms with Crippen molar-refractivity contribution in [2.24, 2.45) is 0 Å². The second-order valence-electron chi connectivity index (χ2n) is 4.95. The van der Waals surface area contributed by atoms with E-state index in [0.717, 1.165) is 18.2 Å². The van der Waals surface area contributed by atoms with Crippen LogP contribution in [0.3, 0.4) is 0 Å². The summed E-state index contributed by atoms with van der Waals surface area (Å²) in [6.07, 6.45) is 3.74. The van der Waals surface area contributed by atoms with Crippen LogP contribution in [-0.2, 0) is 14.8 Å². The van der Waals surface area contributed by atoms with Gasteiger partial charge < -0.3 is 5.32 Å². The van der Waals surface area contributed by atoms with E-state index in [1.54, 1.807) is 31.2 Å². The Morgan fingerprint density at radius 1 is 1.33 bits per heavy atom. The van der Waals surface area contributed by atoms with Gasteiger partial charge in [0.15, 0.2) is 0 Å². The predicted octanol–water partition coefficient (Wildman–Crippen LogP) is 2.59. The normalized spacial score (nSPS) is 13.6. The molecule has 21 heavy (non-hydrogen) atoms. The Labute approximate surface area is 126 Å². The number of hydrogen-bond acceptors (Lipinski definition) is 3. The van der Waals surface area contributed by atoms with Crippen molar-refractivity contribution in [1.82, 2.24) is 5.32 Å². The van der Waals surface area contributed by atoms with E-state index in [4.69, 9.17) is 0 Å². The van der Waals surface area contributed by atoms with E-state index in [1.807, 2.05) is 19.9 Å². The number of carbonyl (C=O) groups excluding carboxylic acids is 1. The number of anilines is 1. The maximum Gasteiger partial charge on any atom is 0.247 e. The lowest BCUT2D eigenvalue weighted by Gasteiger charge is -2.18. The SMILES string of the molecule is CC/C=C(\C)C(=O)N[C@@H](C)c1ccccc1NS(C)(=O)=O. The molecule has 0 aliphatic rings. The Morgan fingerprint density at radius 3 is 2.52 bits per heavy atom. The van der Waals surface area contributed by atoms with Crippen LogP contribution in [0.2, 0.25) is 0 Å². The van der Waals surface area contributed by atoms with Gasteiger partial charge in [-0.3, -0.25) is 9.52 Å². The summed E-state index contributed by atoms with van der Waals surface area (Å²) < 4.78 is 25.2. The highest BCUT2D eigenvalue weighted by atomic mass is 32.2. The van der Waals surface area contributed by atoms with E-state index in [0.29, 0.717) is 11.3 Å². The second-order valence-corrected chi connectivity index (χ2v) is 6.70. The van der Waals surface area contributed by atoms with E-state index in [-0.39, 0.29) is 11.9 Å². The number of hydrogen-bond donors (Lipinski definition) is 2. The van der Waals surface area contributed by atoms with E-state index in [2.05, 4.69) is 10.0 Å². The molecule has 0 spiro atoms. The largest absolute Gasteiger partial charge is 0.346 e. The Bertz CT molecular complexity index is 636. The number of allylic oxidation sites excluding steroid dienone is 1. The van der Waals surface area contributed by atoms with Gasteiger partial charge in [0.1, 0.15) is 0 Å². The van der Waals surface area contributed by atoms with Crippen molar-refractivity contribution in [3.8, 4) is 0 Å². The third-order valence-electron chi connectivity index (χ3n) is 2.94. The van der Waals surface area contributed by atoms with Crippen molar-refractivity contribution < 1.29 is 13.2 Å². The van der Waals surface area contributed by atoms with Gasteiger partial charge in [-0.1, -0.05) is 31.2 Å². The molecule has 0 radical (unpaired) electrons. The number of carbonyl (C=O) groups is 1. The van der Waals surface area contributed by atoms with Gasteiger partial charge >= 0.3 is 0 Å². The highest BCUT2D eigenvalue weighted by Crippen LogP contribution is 2.23. The van der Waals surface area contributed by atoms with E-state index < -0.39 is 10.0 Å². The Morgan fingerprint density at radius 2 is 1.95 bits per heavy atom. The molecular formula is C15H22N2O3S. The van der Waals surface area contributed by atoms with Gasteiger partial charge in [0.25, 0.3) is 0 Å². The molecule has 1 aromatic carbocycles. The van der Waals surface area contributed by atoms with Crippen LogP contribution in [-0.4, -0.2) is 20.6 Å². The van der Waals surface area contributed by atoms with E-state index in [9.17, 15) is 13.2 Å². The topological polar surface area (TPSA) is 75.3 Å². The van der Waals surface area contributed by atoms with Crippen molar-refractivity contribution in [3.05, 3.63) is 41.5 Å².